The van der Waals surface area contributed by atoms with E-state index in [0.29, 0.717) is 18.9 Å². The molecule has 2 aromatic heterocycles. The van der Waals surface area contributed by atoms with Crippen molar-refractivity contribution in [1.29, 1.82) is 0 Å². The maximum atomic E-state index is 12.9. The van der Waals surface area contributed by atoms with Gasteiger partial charge < -0.3 is 14.4 Å². The molecule has 26 heavy (non-hydrogen) atoms. The summed E-state index contributed by atoms with van der Waals surface area (Å²) in [7, 11) is 0. The van der Waals surface area contributed by atoms with Crippen LogP contribution in [0.1, 0.15) is 32.0 Å². The molecule has 2 aromatic rings. The average molecular weight is 354 g/mol. The molecule has 0 aliphatic carbocycles. The topological polar surface area (TPSA) is 67.2 Å². The fourth-order valence-electron chi connectivity index (χ4n) is 4.25. The van der Waals surface area contributed by atoms with Gasteiger partial charge in [0.15, 0.2) is 0 Å². The van der Waals surface area contributed by atoms with E-state index in [4.69, 9.17) is 0 Å². The molecule has 0 saturated carbocycles. The summed E-state index contributed by atoms with van der Waals surface area (Å²) in [5, 5.41) is 0. The molecule has 0 N–H and O–H groups in total. The number of fused-ring (bicyclic) bond motifs is 4. The predicted molar refractivity (Wildman–Crippen MR) is 98.7 cm³/mol. The smallest absolute Gasteiger partial charge is 0.224 e. The van der Waals surface area contributed by atoms with Crippen molar-refractivity contribution in [2.45, 2.75) is 45.2 Å². The van der Waals surface area contributed by atoms with E-state index < -0.39 is 0 Å². The standard InChI is InChI=1S/C19H26N6O/c1-2-17-22-8-10-23(17)9-5-19(26)25-13-15-3-4-16(25)14-24(12-15)18-11-20-6-7-21-18/h6-8,10-11,15-16H,2-5,9,12-14H2,1H3/t15-,16+/m0/s1. The van der Waals surface area contributed by atoms with E-state index in [1.165, 1.54) is 6.42 Å². The van der Waals surface area contributed by atoms with Crippen molar-refractivity contribution < 1.29 is 4.79 Å². The molecular formula is C19H26N6O. The minimum absolute atomic E-state index is 0.261. The number of aromatic nitrogens is 4. The van der Waals surface area contributed by atoms with E-state index in [1.54, 1.807) is 12.4 Å². The van der Waals surface area contributed by atoms with E-state index in [2.05, 4.69) is 36.2 Å². The number of carbonyl (C=O) groups excluding carboxylic acids is 1. The molecule has 0 aromatic carbocycles. The van der Waals surface area contributed by atoms with Gasteiger partial charge in [-0.25, -0.2) is 9.97 Å². The molecule has 138 valence electrons. The highest BCUT2D eigenvalue weighted by Gasteiger charge is 2.37. The van der Waals surface area contributed by atoms with Gasteiger partial charge in [-0.3, -0.25) is 9.78 Å². The van der Waals surface area contributed by atoms with Gasteiger partial charge in [0.25, 0.3) is 0 Å². The number of imidazole rings is 1. The molecule has 5 rings (SSSR count). The first-order valence-electron chi connectivity index (χ1n) is 9.55. The largest absolute Gasteiger partial charge is 0.353 e. The predicted octanol–water partition coefficient (Wildman–Crippen LogP) is 1.75. The van der Waals surface area contributed by atoms with Crippen LogP contribution in [0.5, 0.6) is 0 Å². The van der Waals surface area contributed by atoms with Crippen molar-refractivity contribution in [1.82, 2.24) is 24.4 Å². The summed E-state index contributed by atoms with van der Waals surface area (Å²) in [6.07, 6.45) is 12.7. The highest BCUT2D eigenvalue weighted by atomic mass is 16.2. The third kappa shape index (κ3) is 3.43. The maximum Gasteiger partial charge on any atom is 0.224 e. The van der Waals surface area contributed by atoms with Crippen LogP contribution in [0.4, 0.5) is 5.82 Å². The Morgan fingerprint density at radius 2 is 2.08 bits per heavy atom. The highest BCUT2D eigenvalue weighted by Crippen LogP contribution is 2.30. The third-order valence-electron chi connectivity index (χ3n) is 5.59. The summed E-state index contributed by atoms with van der Waals surface area (Å²) in [6, 6.07) is 0.275. The Labute approximate surface area is 154 Å². The molecule has 3 aliphatic heterocycles. The molecule has 0 radical (unpaired) electrons. The second-order valence-corrected chi connectivity index (χ2v) is 7.25. The second-order valence-electron chi connectivity index (χ2n) is 7.25. The number of hydrogen-bond donors (Lipinski definition) is 0. The maximum absolute atomic E-state index is 12.9. The van der Waals surface area contributed by atoms with E-state index in [0.717, 1.165) is 44.1 Å². The van der Waals surface area contributed by atoms with Crippen molar-refractivity contribution in [2.75, 3.05) is 24.5 Å². The van der Waals surface area contributed by atoms with Crippen LogP contribution in [0.3, 0.4) is 0 Å². The van der Waals surface area contributed by atoms with Gasteiger partial charge in [0.05, 0.1) is 6.20 Å². The summed E-state index contributed by atoms with van der Waals surface area (Å²) in [6.45, 7) is 5.48. The van der Waals surface area contributed by atoms with Crippen LogP contribution < -0.4 is 4.90 Å². The summed E-state index contributed by atoms with van der Waals surface area (Å²) in [5.41, 5.74) is 0. The van der Waals surface area contributed by atoms with Gasteiger partial charge >= 0.3 is 0 Å². The normalized spacial score (nSPS) is 22.5. The van der Waals surface area contributed by atoms with Crippen LogP contribution in [0.2, 0.25) is 0 Å². The molecule has 0 spiro atoms. The van der Waals surface area contributed by atoms with Gasteiger partial charge in [0.2, 0.25) is 5.91 Å². The lowest BCUT2D eigenvalue weighted by Crippen LogP contribution is -2.47. The molecule has 1 amide bonds. The Morgan fingerprint density at radius 3 is 2.88 bits per heavy atom. The molecule has 3 fully saturated rings. The van der Waals surface area contributed by atoms with Crippen LogP contribution in [0.15, 0.2) is 31.0 Å². The number of rotatable bonds is 5. The van der Waals surface area contributed by atoms with E-state index in [9.17, 15) is 4.79 Å². The van der Waals surface area contributed by atoms with E-state index in [1.807, 2.05) is 18.6 Å². The first-order valence-corrected chi connectivity index (χ1v) is 9.55. The van der Waals surface area contributed by atoms with Crippen molar-refractivity contribution in [3.05, 3.63) is 36.8 Å². The summed E-state index contributed by atoms with van der Waals surface area (Å²) < 4.78 is 2.10. The second kappa shape index (κ2) is 7.43. The number of carbonyl (C=O) groups is 1. The minimum Gasteiger partial charge on any atom is -0.353 e. The zero-order chi connectivity index (χ0) is 17.9. The van der Waals surface area contributed by atoms with Crippen LogP contribution in [0, 0.1) is 5.92 Å². The lowest BCUT2D eigenvalue weighted by molar-refractivity contribution is -0.135. The Morgan fingerprint density at radius 1 is 1.15 bits per heavy atom. The highest BCUT2D eigenvalue weighted by molar-refractivity contribution is 5.76. The fourth-order valence-corrected chi connectivity index (χ4v) is 4.25. The lowest BCUT2D eigenvalue weighted by Gasteiger charge is -2.36. The van der Waals surface area contributed by atoms with Crippen LogP contribution in [-0.4, -0.2) is 56.0 Å². The molecule has 2 bridgehead atoms. The van der Waals surface area contributed by atoms with Gasteiger partial charge in [0, 0.05) is 69.8 Å². The Hall–Kier alpha value is -2.44. The van der Waals surface area contributed by atoms with Crippen LogP contribution in [0.25, 0.3) is 0 Å². The first-order chi connectivity index (χ1) is 12.7. The molecular weight excluding hydrogens is 328 g/mol. The Kier molecular flexibility index (Phi) is 4.86. The lowest BCUT2D eigenvalue weighted by atomic mass is 9.94. The molecule has 2 atom stereocenters. The van der Waals surface area contributed by atoms with Gasteiger partial charge in [0.1, 0.15) is 11.6 Å². The molecule has 0 unspecified atom stereocenters. The van der Waals surface area contributed by atoms with Crippen LogP contribution in [-0.2, 0) is 17.8 Å². The van der Waals surface area contributed by atoms with E-state index >= 15 is 0 Å². The minimum atomic E-state index is 0.261. The average Bonchev–Trinajstić information content (AvgIpc) is 2.94. The number of nitrogens with zero attached hydrogens (tertiary/aromatic N) is 6. The molecule has 3 saturated heterocycles. The first kappa shape index (κ1) is 17.0. The Balaban J connectivity index is 1.42. The van der Waals surface area contributed by atoms with Gasteiger partial charge in [-0.05, 0) is 18.8 Å². The number of anilines is 1. The zero-order valence-corrected chi connectivity index (χ0v) is 15.3. The van der Waals surface area contributed by atoms with Gasteiger partial charge in [-0.15, -0.1) is 0 Å². The molecule has 5 heterocycles. The molecule has 3 aliphatic rings. The molecule has 7 heteroatoms. The number of aryl methyl sites for hydroxylation is 2. The monoisotopic (exact) mass is 354 g/mol. The van der Waals surface area contributed by atoms with Gasteiger partial charge in [-0.1, -0.05) is 6.92 Å². The van der Waals surface area contributed by atoms with Crippen molar-refractivity contribution in [3.8, 4) is 0 Å². The zero-order valence-electron chi connectivity index (χ0n) is 15.3. The SMILES string of the molecule is CCc1nccn1CCC(=O)N1C[C@H]2CC[C@@H]1CN(c1cnccn1)C2. The van der Waals surface area contributed by atoms with Crippen LogP contribution >= 0.6 is 0 Å². The van der Waals surface area contributed by atoms with Crippen molar-refractivity contribution in [3.63, 3.8) is 0 Å². The van der Waals surface area contributed by atoms with Crippen molar-refractivity contribution in [2.24, 2.45) is 5.92 Å². The Bertz CT molecular complexity index is 745. The number of piperidine rings is 1. The van der Waals surface area contributed by atoms with Crippen molar-refractivity contribution >= 4 is 11.7 Å². The van der Waals surface area contributed by atoms with E-state index in [-0.39, 0.29) is 11.9 Å². The summed E-state index contributed by atoms with van der Waals surface area (Å²) in [5.74, 6) is 2.74. The number of hydrogen-bond acceptors (Lipinski definition) is 5. The van der Waals surface area contributed by atoms with Gasteiger partial charge in [-0.2, -0.15) is 0 Å². The summed E-state index contributed by atoms with van der Waals surface area (Å²) in [4.78, 5) is 30.3. The quantitative estimate of drug-likeness (QED) is 0.818. The summed E-state index contributed by atoms with van der Waals surface area (Å²) >= 11 is 0. The number of amides is 1. The fraction of sp³-hybridized carbons (Fsp3) is 0.579. The third-order valence-corrected chi connectivity index (χ3v) is 5.59. The molecule has 7 nitrogen and oxygen atoms in total.